The fourth-order valence-electron chi connectivity index (χ4n) is 2.37. The predicted molar refractivity (Wildman–Crippen MR) is 61.2 cm³/mol. The van der Waals surface area contributed by atoms with Crippen molar-refractivity contribution in [2.75, 3.05) is 18.6 Å². The van der Waals surface area contributed by atoms with Crippen molar-refractivity contribution in [3.63, 3.8) is 0 Å². The van der Waals surface area contributed by atoms with Gasteiger partial charge in [0.15, 0.2) is 0 Å². The van der Waals surface area contributed by atoms with Crippen LogP contribution in [-0.2, 0) is 4.74 Å². The van der Waals surface area contributed by atoms with Gasteiger partial charge in [-0.1, -0.05) is 0 Å². The zero-order valence-electron chi connectivity index (χ0n) is 9.60. The van der Waals surface area contributed by atoms with Gasteiger partial charge in [-0.25, -0.2) is 4.79 Å². The molecule has 0 spiro atoms. The van der Waals surface area contributed by atoms with Gasteiger partial charge in [0.2, 0.25) is 0 Å². The highest BCUT2D eigenvalue weighted by Crippen LogP contribution is 2.30. The number of anilines is 1. The first kappa shape index (κ1) is 11.3. The van der Waals surface area contributed by atoms with Crippen LogP contribution in [0.1, 0.15) is 29.6 Å². The van der Waals surface area contributed by atoms with Crippen LogP contribution in [0, 0.1) is 0 Å². The van der Waals surface area contributed by atoms with Crippen molar-refractivity contribution in [1.82, 2.24) is 14.9 Å². The standard InChI is InChI=1S/C10H14N4O4/c15-3-5-1-2-6(18-5)14-8-7(13-10(14)17)9(16)12-4-11-8/h5-6,11,15H,1-4H2,(H,12,16)(H,13,17)/t5?,6-/m1/s1. The summed E-state index contributed by atoms with van der Waals surface area (Å²) >= 11 is 0. The molecule has 0 radical (unpaired) electrons. The summed E-state index contributed by atoms with van der Waals surface area (Å²) in [6, 6.07) is 0. The van der Waals surface area contributed by atoms with Crippen LogP contribution < -0.4 is 16.3 Å². The molecule has 0 aliphatic carbocycles. The fraction of sp³-hybridized carbons (Fsp3) is 0.600. The van der Waals surface area contributed by atoms with E-state index >= 15 is 0 Å². The van der Waals surface area contributed by atoms with E-state index < -0.39 is 6.23 Å². The monoisotopic (exact) mass is 254 g/mol. The van der Waals surface area contributed by atoms with Crippen LogP contribution >= 0.6 is 0 Å². The van der Waals surface area contributed by atoms with Gasteiger partial charge in [0.1, 0.15) is 17.7 Å². The minimum atomic E-state index is -0.437. The number of carbonyl (C=O) groups excluding carboxylic acids is 1. The average molecular weight is 254 g/mol. The molecule has 3 rings (SSSR count). The maximum Gasteiger partial charge on any atom is 0.329 e. The molecule has 1 aromatic rings. The van der Waals surface area contributed by atoms with E-state index in [1.165, 1.54) is 4.57 Å². The molecular weight excluding hydrogens is 240 g/mol. The van der Waals surface area contributed by atoms with E-state index in [0.29, 0.717) is 18.7 Å². The molecule has 1 unspecified atom stereocenters. The molecule has 1 amide bonds. The number of H-pyrrole nitrogens is 1. The van der Waals surface area contributed by atoms with E-state index in [1.54, 1.807) is 0 Å². The first-order valence-corrected chi connectivity index (χ1v) is 5.83. The molecule has 8 nitrogen and oxygen atoms in total. The first-order chi connectivity index (χ1) is 8.70. The number of hydrogen-bond donors (Lipinski definition) is 4. The average Bonchev–Trinajstić information content (AvgIpc) is 2.93. The number of hydrogen-bond acceptors (Lipinski definition) is 5. The molecule has 3 heterocycles. The SMILES string of the molecule is O=C1NCNc2c1[nH]c(=O)n2[C@H]1CCC(CO)O1. The Balaban J connectivity index is 1.98. The molecule has 0 bridgehead atoms. The lowest BCUT2D eigenvalue weighted by atomic mass is 10.2. The Morgan fingerprint density at radius 1 is 1.33 bits per heavy atom. The molecule has 18 heavy (non-hydrogen) atoms. The van der Waals surface area contributed by atoms with Gasteiger partial charge in [0.05, 0.1) is 19.4 Å². The van der Waals surface area contributed by atoms with Crippen molar-refractivity contribution in [1.29, 1.82) is 0 Å². The van der Waals surface area contributed by atoms with Crippen molar-refractivity contribution < 1.29 is 14.6 Å². The number of aliphatic hydroxyl groups excluding tert-OH is 1. The highest BCUT2D eigenvalue weighted by molar-refractivity contribution is 5.98. The summed E-state index contributed by atoms with van der Waals surface area (Å²) in [4.78, 5) is 26.0. The van der Waals surface area contributed by atoms with Crippen molar-refractivity contribution in [3.8, 4) is 0 Å². The van der Waals surface area contributed by atoms with Gasteiger partial charge >= 0.3 is 5.69 Å². The van der Waals surface area contributed by atoms with E-state index in [4.69, 9.17) is 9.84 Å². The maximum atomic E-state index is 11.9. The van der Waals surface area contributed by atoms with E-state index in [0.717, 1.165) is 0 Å². The summed E-state index contributed by atoms with van der Waals surface area (Å²) in [5, 5.41) is 14.6. The van der Waals surface area contributed by atoms with E-state index in [1.807, 2.05) is 0 Å². The number of fused-ring (bicyclic) bond motifs is 1. The number of imidazole rings is 1. The summed E-state index contributed by atoms with van der Waals surface area (Å²) in [5.41, 5.74) is -0.157. The van der Waals surface area contributed by atoms with Crippen molar-refractivity contribution in [3.05, 3.63) is 16.2 Å². The molecular formula is C10H14N4O4. The van der Waals surface area contributed by atoms with Crippen LogP contribution in [0.4, 0.5) is 5.82 Å². The molecule has 1 aromatic heterocycles. The van der Waals surface area contributed by atoms with E-state index in [9.17, 15) is 9.59 Å². The van der Waals surface area contributed by atoms with Gasteiger partial charge in [0.25, 0.3) is 5.91 Å². The van der Waals surface area contributed by atoms with Crippen LogP contribution in [0.5, 0.6) is 0 Å². The minimum Gasteiger partial charge on any atom is -0.394 e. The third kappa shape index (κ3) is 1.61. The Bertz CT molecular complexity index is 534. The van der Waals surface area contributed by atoms with Crippen molar-refractivity contribution in [2.45, 2.75) is 25.2 Å². The van der Waals surface area contributed by atoms with Crippen LogP contribution in [-0.4, -0.2) is 39.9 Å². The Labute approximate surface area is 102 Å². The predicted octanol–water partition coefficient (Wildman–Crippen LogP) is -1.04. The summed E-state index contributed by atoms with van der Waals surface area (Å²) < 4.78 is 6.96. The molecule has 4 N–H and O–H groups in total. The Hall–Kier alpha value is -1.80. The van der Waals surface area contributed by atoms with Crippen LogP contribution in [0.25, 0.3) is 0 Å². The largest absolute Gasteiger partial charge is 0.394 e. The number of carbonyl (C=O) groups is 1. The quantitative estimate of drug-likeness (QED) is 0.539. The Morgan fingerprint density at radius 3 is 2.89 bits per heavy atom. The van der Waals surface area contributed by atoms with Crippen LogP contribution in [0.2, 0.25) is 0 Å². The van der Waals surface area contributed by atoms with Crippen molar-refractivity contribution in [2.24, 2.45) is 0 Å². The summed E-state index contributed by atoms with van der Waals surface area (Å²) in [5.74, 6) is 0.142. The van der Waals surface area contributed by atoms with E-state index in [-0.39, 0.29) is 36.7 Å². The summed E-state index contributed by atoms with van der Waals surface area (Å²) in [6.07, 6.45) is 0.649. The first-order valence-electron chi connectivity index (χ1n) is 5.83. The zero-order chi connectivity index (χ0) is 12.7. The third-order valence-electron chi connectivity index (χ3n) is 3.24. The number of amides is 1. The van der Waals surface area contributed by atoms with Crippen molar-refractivity contribution >= 4 is 11.7 Å². The van der Waals surface area contributed by atoms with E-state index in [2.05, 4.69) is 15.6 Å². The molecule has 0 aromatic carbocycles. The summed E-state index contributed by atoms with van der Waals surface area (Å²) in [6.45, 7) is 0.213. The second-order valence-electron chi connectivity index (χ2n) is 4.36. The maximum absolute atomic E-state index is 11.9. The number of ether oxygens (including phenoxy) is 1. The normalized spacial score (nSPS) is 26.6. The van der Waals surface area contributed by atoms with Gasteiger partial charge < -0.3 is 20.5 Å². The van der Waals surface area contributed by atoms with Gasteiger partial charge in [-0.3, -0.25) is 14.3 Å². The number of nitrogens with zero attached hydrogens (tertiary/aromatic N) is 1. The number of rotatable bonds is 2. The lowest BCUT2D eigenvalue weighted by Gasteiger charge is -2.20. The zero-order valence-corrected chi connectivity index (χ0v) is 9.60. The molecule has 2 aliphatic rings. The number of aromatic amines is 1. The number of aliphatic hydroxyl groups is 1. The molecule has 98 valence electrons. The van der Waals surface area contributed by atoms with Gasteiger partial charge in [0, 0.05) is 0 Å². The lowest BCUT2D eigenvalue weighted by Crippen LogP contribution is -2.36. The highest BCUT2D eigenvalue weighted by Gasteiger charge is 2.32. The molecule has 2 aliphatic heterocycles. The smallest absolute Gasteiger partial charge is 0.329 e. The second kappa shape index (κ2) is 4.14. The fourth-order valence-corrected chi connectivity index (χ4v) is 2.37. The van der Waals surface area contributed by atoms with Gasteiger partial charge in [-0.2, -0.15) is 0 Å². The van der Waals surface area contributed by atoms with Gasteiger partial charge in [-0.05, 0) is 12.8 Å². The lowest BCUT2D eigenvalue weighted by molar-refractivity contribution is -0.0229. The Morgan fingerprint density at radius 2 is 2.17 bits per heavy atom. The molecule has 2 atom stereocenters. The molecule has 1 saturated heterocycles. The summed E-state index contributed by atoms with van der Waals surface area (Å²) in [7, 11) is 0. The highest BCUT2D eigenvalue weighted by atomic mass is 16.5. The van der Waals surface area contributed by atoms with Crippen LogP contribution in [0.15, 0.2) is 4.79 Å². The number of aromatic nitrogens is 2. The molecule has 8 heteroatoms. The molecule has 1 fully saturated rings. The minimum absolute atomic E-state index is 0.0637. The van der Waals surface area contributed by atoms with Gasteiger partial charge in [-0.15, -0.1) is 0 Å². The second-order valence-corrected chi connectivity index (χ2v) is 4.36. The Kier molecular flexibility index (Phi) is 2.60. The third-order valence-corrected chi connectivity index (χ3v) is 3.24. The van der Waals surface area contributed by atoms with Crippen LogP contribution in [0.3, 0.4) is 0 Å². The molecule has 0 saturated carbocycles. The topological polar surface area (TPSA) is 108 Å². The number of nitrogens with one attached hydrogen (secondary N) is 3.